The smallest absolute Gasteiger partial charge is 0.262 e. The molecular formula is C21H26N2O4S. The molecule has 0 saturated heterocycles. The van der Waals surface area contributed by atoms with Crippen molar-refractivity contribution >= 4 is 27.3 Å². The van der Waals surface area contributed by atoms with E-state index in [1.54, 1.807) is 32.0 Å². The molecule has 0 fully saturated rings. The van der Waals surface area contributed by atoms with Gasteiger partial charge < -0.3 is 10.1 Å². The highest BCUT2D eigenvalue weighted by Gasteiger charge is 2.32. The lowest BCUT2D eigenvalue weighted by Gasteiger charge is -2.18. The van der Waals surface area contributed by atoms with Crippen LogP contribution >= 0.6 is 0 Å². The zero-order valence-electron chi connectivity index (χ0n) is 17.1. The summed E-state index contributed by atoms with van der Waals surface area (Å²) < 4.78 is 34.6. The van der Waals surface area contributed by atoms with E-state index in [-0.39, 0.29) is 12.5 Å². The molecule has 0 bridgehead atoms. The van der Waals surface area contributed by atoms with Crippen molar-refractivity contribution in [3.63, 3.8) is 0 Å². The SMILES string of the molecule is Cc1cc(C)c(C)c(S(=O)(=O)Nc2ccc3c(c2)OCC(C)(C)C(=O)N3)c1C. The minimum Gasteiger partial charge on any atom is -0.490 e. The number of amides is 1. The maximum atomic E-state index is 13.1. The monoisotopic (exact) mass is 402 g/mol. The fourth-order valence-electron chi connectivity index (χ4n) is 3.21. The van der Waals surface area contributed by atoms with E-state index in [9.17, 15) is 13.2 Å². The highest BCUT2D eigenvalue weighted by atomic mass is 32.2. The molecule has 1 aliphatic rings. The number of aryl methyl sites for hydroxylation is 2. The Balaban J connectivity index is 1.98. The van der Waals surface area contributed by atoms with E-state index in [2.05, 4.69) is 10.0 Å². The second-order valence-electron chi connectivity index (χ2n) is 8.03. The first-order valence-corrected chi connectivity index (χ1v) is 10.6. The van der Waals surface area contributed by atoms with Gasteiger partial charge in [0.1, 0.15) is 12.4 Å². The Kier molecular flexibility index (Phi) is 4.91. The average Bonchev–Trinajstić information content (AvgIpc) is 2.69. The average molecular weight is 403 g/mol. The van der Waals surface area contributed by atoms with Crippen LogP contribution in [0.4, 0.5) is 11.4 Å². The molecule has 7 heteroatoms. The maximum absolute atomic E-state index is 13.1. The van der Waals surface area contributed by atoms with E-state index in [1.165, 1.54) is 0 Å². The van der Waals surface area contributed by atoms with Crippen LogP contribution in [-0.2, 0) is 14.8 Å². The van der Waals surface area contributed by atoms with Gasteiger partial charge in [-0.2, -0.15) is 0 Å². The van der Waals surface area contributed by atoms with E-state index in [0.717, 1.165) is 22.3 Å². The van der Waals surface area contributed by atoms with Crippen LogP contribution in [-0.4, -0.2) is 20.9 Å². The van der Waals surface area contributed by atoms with Crippen molar-refractivity contribution in [2.75, 3.05) is 16.6 Å². The molecule has 28 heavy (non-hydrogen) atoms. The number of hydrogen-bond donors (Lipinski definition) is 2. The lowest BCUT2D eigenvalue weighted by atomic mass is 9.94. The summed E-state index contributed by atoms with van der Waals surface area (Å²) in [7, 11) is -3.78. The molecule has 0 aliphatic carbocycles. The highest BCUT2D eigenvalue weighted by Crippen LogP contribution is 2.35. The van der Waals surface area contributed by atoms with Crippen molar-refractivity contribution < 1.29 is 17.9 Å². The molecule has 2 aromatic rings. The fraction of sp³-hybridized carbons (Fsp3) is 0.381. The first kappa shape index (κ1) is 20.2. The molecule has 0 spiro atoms. The quantitative estimate of drug-likeness (QED) is 0.810. The number of nitrogens with one attached hydrogen (secondary N) is 2. The molecule has 0 unspecified atom stereocenters. The van der Waals surface area contributed by atoms with Gasteiger partial charge in [0.2, 0.25) is 5.91 Å². The summed E-state index contributed by atoms with van der Waals surface area (Å²) >= 11 is 0. The summed E-state index contributed by atoms with van der Waals surface area (Å²) in [5.41, 5.74) is 3.55. The number of ether oxygens (including phenoxy) is 1. The third kappa shape index (κ3) is 3.58. The lowest BCUT2D eigenvalue weighted by molar-refractivity contribution is -0.124. The number of rotatable bonds is 3. The summed E-state index contributed by atoms with van der Waals surface area (Å²) in [6.45, 7) is 11.2. The lowest BCUT2D eigenvalue weighted by Crippen LogP contribution is -2.33. The van der Waals surface area contributed by atoms with Crippen LogP contribution in [0.15, 0.2) is 29.2 Å². The van der Waals surface area contributed by atoms with Crippen molar-refractivity contribution in [2.45, 2.75) is 46.4 Å². The Bertz CT molecular complexity index is 1050. The molecule has 1 heterocycles. The molecule has 0 saturated carbocycles. The second-order valence-corrected chi connectivity index (χ2v) is 9.65. The molecular weight excluding hydrogens is 376 g/mol. The Labute approximate surface area is 166 Å². The number of hydrogen-bond acceptors (Lipinski definition) is 4. The Morgan fingerprint density at radius 3 is 2.25 bits per heavy atom. The normalized spacial score (nSPS) is 15.9. The minimum atomic E-state index is -3.78. The topological polar surface area (TPSA) is 84.5 Å². The summed E-state index contributed by atoms with van der Waals surface area (Å²) in [6, 6.07) is 6.85. The summed E-state index contributed by atoms with van der Waals surface area (Å²) in [5, 5.41) is 2.83. The first-order valence-electron chi connectivity index (χ1n) is 9.11. The van der Waals surface area contributed by atoms with Crippen LogP contribution < -0.4 is 14.8 Å². The van der Waals surface area contributed by atoms with Gasteiger partial charge in [0.15, 0.2) is 0 Å². The predicted octanol–water partition coefficient (Wildman–Crippen LogP) is 4.08. The second kappa shape index (κ2) is 6.81. The Morgan fingerprint density at radius 1 is 1.04 bits per heavy atom. The molecule has 0 atom stereocenters. The molecule has 150 valence electrons. The number of benzene rings is 2. The van der Waals surface area contributed by atoms with Crippen LogP contribution in [0, 0.1) is 33.1 Å². The van der Waals surface area contributed by atoms with Gasteiger partial charge in [-0.1, -0.05) is 6.07 Å². The van der Waals surface area contributed by atoms with E-state index >= 15 is 0 Å². The largest absolute Gasteiger partial charge is 0.490 e. The summed E-state index contributed by atoms with van der Waals surface area (Å²) in [5.74, 6) is 0.300. The fourth-order valence-corrected chi connectivity index (χ4v) is 4.88. The third-order valence-electron chi connectivity index (χ3n) is 5.25. The predicted molar refractivity (Wildman–Crippen MR) is 111 cm³/mol. The van der Waals surface area contributed by atoms with E-state index in [1.807, 2.05) is 33.8 Å². The van der Waals surface area contributed by atoms with Crippen LogP contribution in [0.1, 0.15) is 36.1 Å². The molecule has 2 N–H and O–H groups in total. The maximum Gasteiger partial charge on any atom is 0.262 e. The number of carbonyl (C=O) groups excluding carboxylic acids is 1. The van der Waals surface area contributed by atoms with Gasteiger partial charge in [-0.25, -0.2) is 8.42 Å². The van der Waals surface area contributed by atoms with Crippen LogP contribution in [0.2, 0.25) is 0 Å². The van der Waals surface area contributed by atoms with Crippen molar-refractivity contribution in [1.82, 2.24) is 0 Å². The summed E-state index contributed by atoms with van der Waals surface area (Å²) in [6.07, 6.45) is 0. The molecule has 1 amide bonds. The van der Waals surface area contributed by atoms with Crippen LogP contribution in [0.5, 0.6) is 5.75 Å². The van der Waals surface area contributed by atoms with Gasteiger partial charge in [0.05, 0.1) is 21.7 Å². The van der Waals surface area contributed by atoms with Crippen LogP contribution in [0.3, 0.4) is 0 Å². The first-order chi connectivity index (χ1) is 12.9. The molecule has 1 aliphatic heterocycles. The van der Waals surface area contributed by atoms with E-state index < -0.39 is 15.4 Å². The Morgan fingerprint density at radius 2 is 1.64 bits per heavy atom. The molecule has 3 rings (SSSR count). The van der Waals surface area contributed by atoms with Crippen molar-refractivity contribution in [2.24, 2.45) is 5.41 Å². The zero-order valence-corrected chi connectivity index (χ0v) is 17.9. The van der Waals surface area contributed by atoms with E-state index in [4.69, 9.17) is 4.74 Å². The highest BCUT2D eigenvalue weighted by molar-refractivity contribution is 7.92. The molecule has 2 aromatic carbocycles. The molecule has 6 nitrogen and oxygen atoms in total. The Hall–Kier alpha value is -2.54. The number of fused-ring (bicyclic) bond motifs is 1. The van der Waals surface area contributed by atoms with Gasteiger partial charge in [-0.3, -0.25) is 9.52 Å². The molecule has 0 radical (unpaired) electrons. The van der Waals surface area contributed by atoms with Gasteiger partial charge in [0.25, 0.3) is 10.0 Å². The summed E-state index contributed by atoms with van der Waals surface area (Å²) in [4.78, 5) is 12.5. The number of anilines is 2. The zero-order chi connectivity index (χ0) is 20.9. The standard InChI is InChI=1S/C21H26N2O4S/c1-12-9-13(2)15(4)19(14(12)3)28(25,26)23-16-7-8-17-18(10-16)27-11-21(5,6)20(24)22-17/h7-10,23H,11H2,1-6H3,(H,22,24). The van der Waals surface area contributed by atoms with Gasteiger partial charge in [-0.15, -0.1) is 0 Å². The van der Waals surface area contributed by atoms with Crippen molar-refractivity contribution in [3.8, 4) is 5.75 Å². The van der Waals surface area contributed by atoms with Crippen LogP contribution in [0.25, 0.3) is 0 Å². The van der Waals surface area contributed by atoms with E-state index in [0.29, 0.717) is 22.0 Å². The third-order valence-corrected chi connectivity index (χ3v) is 6.91. The van der Waals surface area contributed by atoms with Crippen molar-refractivity contribution in [3.05, 3.63) is 46.5 Å². The van der Waals surface area contributed by atoms with Gasteiger partial charge >= 0.3 is 0 Å². The minimum absolute atomic E-state index is 0.138. The molecule has 0 aromatic heterocycles. The van der Waals surface area contributed by atoms with Crippen molar-refractivity contribution in [1.29, 1.82) is 0 Å². The number of carbonyl (C=O) groups is 1. The van der Waals surface area contributed by atoms with Gasteiger partial charge in [-0.05, 0) is 75.9 Å². The number of sulfonamides is 1. The van der Waals surface area contributed by atoms with Gasteiger partial charge in [0, 0.05) is 6.07 Å².